The first-order valence-corrected chi connectivity index (χ1v) is 11.5. The third-order valence-electron chi connectivity index (χ3n) is 6.57. The van der Waals surface area contributed by atoms with Gasteiger partial charge in [0.15, 0.2) is 0 Å². The molecule has 2 aromatic carbocycles. The predicted molar refractivity (Wildman–Crippen MR) is 124 cm³/mol. The van der Waals surface area contributed by atoms with Crippen LogP contribution in [0.2, 0.25) is 0 Å². The lowest BCUT2D eigenvalue weighted by molar-refractivity contribution is -0.138. The van der Waals surface area contributed by atoms with Crippen LogP contribution < -0.4 is 10.6 Å². The molecule has 2 aliphatic carbocycles. The maximum absolute atomic E-state index is 12.3. The zero-order valence-corrected chi connectivity index (χ0v) is 18.8. The Morgan fingerprint density at radius 3 is 2.30 bits per heavy atom. The van der Waals surface area contributed by atoms with E-state index in [9.17, 15) is 14.4 Å². The monoisotopic (exact) mass is 450 g/mol. The molecule has 2 aliphatic rings. The Hall–Kier alpha value is -3.35. The van der Waals surface area contributed by atoms with Crippen LogP contribution in [0.5, 0.6) is 0 Å². The van der Waals surface area contributed by atoms with Crippen molar-refractivity contribution in [1.29, 1.82) is 0 Å². The van der Waals surface area contributed by atoms with Crippen molar-refractivity contribution in [1.82, 2.24) is 10.6 Å². The van der Waals surface area contributed by atoms with E-state index in [1.807, 2.05) is 31.2 Å². The zero-order chi connectivity index (χ0) is 23.4. The van der Waals surface area contributed by atoms with Crippen LogP contribution >= 0.6 is 0 Å². The summed E-state index contributed by atoms with van der Waals surface area (Å²) >= 11 is 0. The number of rotatable bonds is 10. The van der Waals surface area contributed by atoms with Gasteiger partial charge in [0.05, 0.1) is 0 Å². The van der Waals surface area contributed by atoms with Gasteiger partial charge >= 0.3 is 12.1 Å². The largest absolute Gasteiger partial charge is 0.481 e. The molecule has 3 atom stereocenters. The van der Waals surface area contributed by atoms with Crippen LogP contribution in [0.3, 0.4) is 0 Å². The van der Waals surface area contributed by atoms with Gasteiger partial charge in [-0.15, -0.1) is 0 Å². The van der Waals surface area contributed by atoms with E-state index < -0.39 is 12.1 Å². The molecule has 2 amide bonds. The van der Waals surface area contributed by atoms with E-state index in [-0.39, 0.29) is 42.6 Å². The van der Waals surface area contributed by atoms with Gasteiger partial charge in [-0.3, -0.25) is 9.59 Å². The molecule has 174 valence electrons. The molecule has 1 unspecified atom stereocenters. The average Bonchev–Trinajstić information content (AvgIpc) is 3.51. The summed E-state index contributed by atoms with van der Waals surface area (Å²) in [5.41, 5.74) is 4.71. The summed E-state index contributed by atoms with van der Waals surface area (Å²) in [6.45, 7) is 3.00. The molecular weight excluding hydrogens is 420 g/mol. The quantitative estimate of drug-likeness (QED) is 0.511. The van der Waals surface area contributed by atoms with E-state index in [1.165, 1.54) is 22.3 Å². The molecule has 33 heavy (non-hydrogen) atoms. The highest BCUT2D eigenvalue weighted by atomic mass is 16.5. The molecule has 7 heteroatoms. The molecule has 0 bridgehead atoms. The average molecular weight is 451 g/mol. The van der Waals surface area contributed by atoms with Crippen LogP contribution in [-0.4, -0.2) is 42.8 Å². The highest BCUT2D eigenvalue weighted by Crippen LogP contribution is 2.44. The Kier molecular flexibility index (Phi) is 6.96. The van der Waals surface area contributed by atoms with E-state index >= 15 is 0 Å². The summed E-state index contributed by atoms with van der Waals surface area (Å²) in [6.07, 6.45) is 1.00. The van der Waals surface area contributed by atoms with Crippen molar-refractivity contribution in [3.8, 4) is 11.1 Å². The summed E-state index contributed by atoms with van der Waals surface area (Å²) < 4.78 is 5.54. The van der Waals surface area contributed by atoms with Crippen molar-refractivity contribution < 1.29 is 24.2 Å². The molecule has 1 saturated carbocycles. The topological polar surface area (TPSA) is 105 Å². The summed E-state index contributed by atoms with van der Waals surface area (Å²) in [5, 5.41) is 14.4. The van der Waals surface area contributed by atoms with Crippen LogP contribution in [0.1, 0.15) is 43.2 Å². The lowest BCUT2D eigenvalue weighted by Gasteiger charge is -2.14. The van der Waals surface area contributed by atoms with E-state index in [1.54, 1.807) is 0 Å². The van der Waals surface area contributed by atoms with Gasteiger partial charge in [0, 0.05) is 31.3 Å². The van der Waals surface area contributed by atoms with Crippen LogP contribution in [0.4, 0.5) is 4.79 Å². The van der Waals surface area contributed by atoms with Gasteiger partial charge < -0.3 is 20.5 Å². The Bertz CT molecular complexity index is 991. The molecule has 0 spiro atoms. The fourth-order valence-electron chi connectivity index (χ4n) is 4.63. The van der Waals surface area contributed by atoms with Gasteiger partial charge in [-0.05, 0) is 46.9 Å². The number of ether oxygens (including phenoxy) is 1. The Balaban J connectivity index is 1.18. The smallest absolute Gasteiger partial charge is 0.407 e. The minimum atomic E-state index is -0.824. The van der Waals surface area contributed by atoms with E-state index in [0.717, 1.165) is 6.42 Å². The van der Waals surface area contributed by atoms with Crippen molar-refractivity contribution in [3.63, 3.8) is 0 Å². The molecule has 1 fully saturated rings. The first-order chi connectivity index (χ1) is 15.9. The molecule has 0 aliphatic heterocycles. The van der Waals surface area contributed by atoms with Crippen molar-refractivity contribution >= 4 is 18.0 Å². The number of carboxylic acids is 1. The highest BCUT2D eigenvalue weighted by molar-refractivity contribution is 5.82. The molecule has 7 nitrogen and oxygen atoms in total. The molecule has 0 heterocycles. The minimum absolute atomic E-state index is 0.0196. The number of amides is 2. The van der Waals surface area contributed by atoms with Gasteiger partial charge in [-0.1, -0.05) is 55.5 Å². The Morgan fingerprint density at radius 2 is 1.67 bits per heavy atom. The third kappa shape index (κ3) is 5.53. The standard InChI is InChI=1S/C26H30N2O5/c1-16(12-24(29)30)10-11-27-25(31)22-13-17(22)14-28-26(32)33-15-23-20-8-4-2-6-18(20)19-7-3-5-9-21(19)23/h2-9,16-17,22-23H,10-15H2,1H3,(H,27,31)(H,28,32)(H,29,30)/t16?,17-,22-/m1/s1. The lowest BCUT2D eigenvalue weighted by Crippen LogP contribution is -2.31. The predicted octanol–water partition coefficient (Wildman–Crippen LogP) is 3.78. The van der Waals surface area contributed by atoms with Crippen molar-refractivity contribution in [2.24, 2.45) is 17.8 Å². The summed E-state index contributed by atoms with van der Waals surface area (Å²) in [5.74, 6) is -0.804. The van der Waals surface area contributed by atoms with E-state index in [2.05, 4.69) is 34.9 Å². The summed E-state index contributed by atoms with van der Waals surface area (Å²) in [7, 11) is 0. The zero-order valence-electron chi connectivity index (χ0n) is 18.8. The lowest BCUT2D eigenvalue weighted by atomic mass is 9.98. The SMILES string of the molecule is CC(CCNC(=O)[C@@H]1C[C@@H]1CNC(=O)OCC1c2ccccc2-c2ccccc21)CC(=O)O. The fraction of sp³-hybridized carbons (Fsp3) is 0.423. The number of carboxylic acid groups (broad SMARTS) is 1. The van der Waals surface area contributed by atoms with Gasteiger partial charge in [0.2, 0.25) is 5.91 Å². The number of carbonyl (C=O) groups excluding carboxylic acids is 2. The second-order valence-electron chi connectivity index (χ2n) is 9.09. The molecule has 0 aromatic heterocycles. The molecule has 0 saturated heterocycles. The van der Waals surface area contributed by atoms with Crippen LogP contribution in [0, 0.1) is 17.8 Å². The second-order valence-corrected chi connectivity index (χ2v) is 9.09. The molecule has 4 rings (SSSR count). The number of carbonyl (C=O) groups is 3. The first kappa shape index (κ1) is 22.8. The van der Waals surface area contributed by atoms with E-state index in [0.29, 0.717) is 19.5 Å². The number of fused-ring (bicyclic) bond motifs is 3. The Morgan fingerprint density at radius 1 is 1.03 bits per heavy atom. The van der Waals surface area contributed by atoms with Gasteiger partial charge in [0.25, 0.3) is 0 Å². The summed E-state index contributed by atoms with van der Waals surface area (Å²) in [6, 6.07) is 16.4. The molecule has 0 radical (unpaired) electrons. The highest BCUT2D eigenvalue weighted by Gasteiger charge is 2.42. The van der Waals surface area contributed by atoms with Crippen molar-refractivity contribution in [2.45, 2.75) is 32.1 Å². The third-order valence-corrected chi connectivity index (χ3v) is 6.57. The van der Waals surface area contributed by atoms with E-state index in [4.69, 9.17) is 9.84 Å². The normalized spacial score (nSPS) is 19.2. The van der Waals surface area contributed by atoms with Gasteiger partial charge in [0.1, 0.15) is 6.61 Å². The maximum Gasteiger partial charge on any atom is 0.407 e. The number of hydrogen-bond acceptors (Lipinski definition) is 4. The molecule has 3 N–H and O–H groups in total. The van der Waals surface area contributed by atoms with Crippen molar-refractivity contribution in [3.05, 3.63) is 59.7 Å². The number of alkyl carbamates (subject to hydrolysis) is 1. The second kappa shape index (κ2) is 10.1. The maximum atomic E-state index is 12.3. The summed E-state index contributed by atoms with van der Waals surface area (Å²) in [4.78, 5) is 35.2. The van der Waals surface area contributed by atoms with Crippen LogP contribution in [-0.2, 0) is 14.3 Å². The molecular formula is C26H30N2O5. The first-order valence-electron chi connectivity index (χ1n) is 11.5. The van der Waals surface area contributed by atoms with Gasteiger partial charge in [-0.2, -0.15) is 0 Å². The number of nitrogens with one attached hydrogen (secondary N) is 2. The number of aliphatic carboxylic acids is 1. The van der Waals surface area contributed by atoms with Crippen LogP contribution in [0.25, 0.3) is 11.1 Å². The Labute approximate surface area is 193 Å². The molecule has 2 aromatic rings. The number of benzene rings is 2. The number of hydrogen-bond donors (Lipinski definition) is 3. The van der Waals surface area contributed by atoms with Crippen LogP contribution in [0.15, 0.2) is 48.5 Å². The fourth-order valence-corrected chi connectivity index (χ4v) is 4.63. The van der Waals surface area contributed by atoms with Gasteiger partial charge in [-0.25, -0.2) is 4.79 Å². The van der Waals surface area contributed by atoms with Crippen molar-refractivity contribution in [2.75, 3.05) is 19.7 Å². The minimum Gasteiger partial charge on any atom is -0.481 e.